The molecule has 2 aromatic rings. The van der Waals surface area contributed by atoms with E-state index in [1.165, 1.54) is 10.4 Å². The standard InChI is InChI=1S/C32H41ClF3N3O6S2/c33-29-21-28(46(42,43)37-26-7-4-24(20-26)31(40)41)10-11-30(29)38-16-12-22(13-17-38)2-1-3-23-14-18-39(19-15-23)47(44,45)27-8-5-25(6-9-27)32(34,35)36/h5-6,8-11,21-24,26,37H,1-4,7,12-20H2,(H,40,41). The summed E-state index contributed by atoms with van der Waals surface area (Å²) in [5, 5.41) is 9.55. The molecule has 0 bridgehead atoms. The molecule has 2 N–H and O–H groups in total. The molecule has 2 unspecified atom stereocenters. The van der Waals surface area contributed by atoms with Crippen LogP contribution in [0.1, 0.15) is 69.8 Å². The Hall–Kier alpha value is -2.39. The van der Waals surface area contributed by atoms with Crippen molar-refractivity contribution in [2.75, 3.05) is 31.1 Å². The number of hydrogen-bond acceptors (Lipinski definition) is 6. The van der Waals surface area contributed by atoms with E-state index in [9.17, 15) is 39.9 Å². The third-order valence-electron chi connectivity index (χ3n) is 9.91. The quantitative estimate of drug-likeness (QED) is 0.276. The summed E-state index contributed by atoms with van der Waals surface area (Å²) in [5.41, 5.74) is -0.0894. The van der Waals surface area contributed by atoms with E-state index in [0.29, 0.717) is 42.8 Å². The minimum Gasteiger partial charge on any atom is -0.481 e. The second-order valence-corrected chi connectivity index (χ2v) is 17.1. The molecule has 2 heterocycles. The predicted octanol–water partition coefficient (Wildman–Crippen LogP) is 6.38. The highest BCUT2D eigenvalue weighted by atomic mass is 35.5. The maximum Gasteiger partial charge on any atom is 0.416 e. The Morgan fingerprint density at radius 1 is 0.851 bits per heavy atom. The summed E-state index contributed by atoms with van der Waals surface area (Å²) in [6.45, 7) is 2.31. The third kappa shape index (κ3) is 8.80. The first-order valence-corrected chi connectivity index (χ1v) is 19.4. The van der Waals surface area contributed by atoms with Gasteiger partial charge in [-0.3, -0.25) is 4.79 Å². The first kappa shape index (κ1) is 35.9. The lowest BCUT2D eigenvalue weighted by atomic mass is 9.87. The van der Waals surface area contributed by atoms with Gasteiger partial charge in [-0.15, -0.1) is 0 Å². The van der Waals surface area contributed by atoms with Crippen molar-refractivity contribution in [2.24, 2.45) is 17.8 Å². The highest BCUT2D eigenvalue weighted by Gasteiger charge is 2.34. The van der Waals surface area contributed by atoms with Gasteiger partial charge >= 0.3 is 12.1 Å². The van der Waals surface area contributed by atoms with E-state index < -0.39 is 49.7 Å². The first-order chi connectivity index (χ1) is 22.1. The number of nitrogens with one attached hydrogen (secondary N) is 1. The fourth-order valence-corrected chi connectivity index (χ4v) is 10.2. The number of rotatable bonds is 11. The number of anilines is 1. The molecule has 2 aliphatic heterocycles. The Kier molecular flexibility index (Phi) is 11.2. The van der Waals surface area contributed by atoms with Crippen LogP contribution in [-0.2, 0) is 31.0 Å². The summed E-state index contributed by atoms with van der Waals surface area (Å²) in [6, 6.07) is 7.97. The van der Waals surface area contributed by atoms with Crippen LogP contribution in [0, 0.1) is 17.8 Å². The molecule has 0 radical (unpaired) electrons. The summed E-state index contributed by atoms with van der Waals surface area (Å²) in [6.07, 6.45) is 3.20. The van der Waals surface area contributed by atoms with Gasteiger partial charge in [0.25, 0.3) is 0 Å². The topological polar surface area (TPSA) is 124 Å². The molecule has 1 saturated carbocycles. The van der Waals surface area contributed by atoms with Gasteiger partial charge in [0.15, 0.2) is 0 Å². The number of sulfonamides is 2. The maximum absolute atomic E-state index is 13.0. The molecule has 15 heteroatoms. The van der Waals surface area contributed by atoms with Gasteiger partial charge < -0.3 is 10.0 Å². The number of piperidine rings is 2. The molecular formula is C32H41ClF3N3O6S2. The average Bonchev–Trinajstić information content (AvgIpc) is 3.50. The van der Waals surface area contributed by atoms with Crippen LogP contribution in [0.25, 0.3) is 0 Å². The summed E-state index contributed by atoms with van der Waals surface area (Å²) < 4.78 is 94.4. The van der Waals surface area contributed by atoms with Crippen molar-refractivity contribution in [1.29, 1.82) is 0 Å². The lowest BCUT2D eigenvalue weighted by Gasteiger charge is -2.35. The molecule has 5 rings (SSSR count). The van der Waals surface area contributed by atoms with E-state index in [0.717, 1.165) is 88.0 Å². The number of carboxylic acid groups (broad SMARTS) is 1. The number of aliphatic carboxylic acids is 1. The van der Waals surface area contributed by atoms with Crippen LogP contribution in [-0.4, -0.2) is 64.4 Å². The number of nitrogens with zero attached hydrogens (tertiary/aromatic N) is 2. The number of benzene rings is 2. The van der Waals surface area contributed by atoms with Gasteiger partial charge in [0.1, 0.15) is 0 Å². The summed E-state index contributed by atoms with van der Waals surface area (Å²) in [4.78, 5) is 13.3. The highest BCUT2D eigenvalue weighted by Crippen LogP contribution is 2.35. The average molecular weight is 720 g/mol. The Balaban J connectivity index is 1.03. The van der Waals surface area contributed by atoms with Gasteiger partial charge in [0.2, 0.25) is 20.0 Å². The van der Waals surface area contributed by atoms with Crippen LogP contribution in [0.15, 0.2) is 52.3 Å². The first-order valence-electron chi connectivity index (χ1n) is 16.1. The number of alkyl halides is 3. The van der Waals surface area contributed by atoms with Crippen molar-refractivity contribution in [3.63, 3.8) is 0 Å². The number of hydrogen-bond donors (Lipinski definition) is 2. The lowest BCUT2D eigenvalue weighted by Crippen LogP contribution is -2.38. The minimum atomic E-state index is -4.52. The van der Waals surface area contributed by atoms with E-state index in [1.807, 2.05) is 0 Å². The van der Waals surface area contributed by atoms with Gasteiger partial charge in [-0.2, -0.15) is 17.5 Å². The Morgan fingerprint density at radius 2 is 1.43 bits per heavy atom. The van der Waals surface area contributed by atoms with Crippen molar-refractivity contribution in [3.8, 4) is 0 Å². The molecule has 47 heavy (non-hydrogen) atoms. The zero-order valence-electron chi connectivity index (χ0n) is 26.0. The molecule has 0 aromatic heterocycles. The Morgan fingerprint density at radius 3 is 1.96 bits per heavy atom. The Bertz CT molecular complexity index is 1620. The van der Waals surface area contributed by atoms with Crippen molar-refractivity contribution in [2.45, 2.75) is 86.2 Å². The van der Waals surface area contributed by atoms with Gasteiger partial charge in [-0.05, 0) is 99.2 Å². The van der Waals surface area contributed by atoms with Crippen LogP contribution in [0.5, 0.6) is 0 Å². The van der Waals surface area contributed by atoms with Crippen LogP contribution in [0.4, 0.5) is 18.9 Å². The fraction of sp³-hybridized carbons (Fsp3) is 0.594. The van der Waals surface area contributed by atoms with E-state index in [-0.39, 0.29) is 16.2 Å². The van der Waals surface area contributed by atoms with E-state index in [2.05, 4.69) is 9.62 Å². The van der Waals surface area contributed by atoms with Crippen molar-refractivity contribution < 1.29 is 39.9 Å². The zero-order valence-corrected chi connectivity index (χ0v) is 28.4. The molecule has 2 aromatic carbocycles. The molecule has 260 valence electrons. The minimum absolute atomic E-state index is 0.0583. The normalized spacial score (nSPS) is 22.5. The van der Waals surface area contributed by atoms with Crippen molar-refractivity contribution >= 4 is 43.3 Å². The van der Waals surface area contributed by atoms with Crippen molar-refractivity contribution in [3.05, 3.63) is 53.1 Å². The Labute approximate surface area is 279 Å². The zero-order chi connectivity index (χ0) is 34.0. The summed E-state index contributed by atoms with van der Waals surface area (Å²) in [7, 11) is -7.67. The molecule has 3 fully saturated rings. The molecule has 2 saturated heterocycles. The van der Waals surface area contributed by atoms with Gasteiger partial charge in [-0.25, -0.2) is 21.6 Å². The van der Waals surface area contributed by atoms with Gasteiger partial charge in [0, 0.05) is 32.2 Å². The summed E-state index contributed by atoms with van der Waals surface area (Å²) >= 11 is 6.56. The largest absolute Gasteiger partial charge is 0.481 e. The van der Waals surface area contributed by atoms with Crippen LogP contribution in [0.2, 0.25) is 5.02 Å². The number of carboxylic acids is 1. The molecule has 2 atom stereocenters. The lowest BCUT2D eigenvalue weighted by molar-refractivity contribution is -0.141. The van der Waals surface area contributed by atoms with Crippen LogP contribution in [0.3, 0.4) is 0 Å². The molecular weight excluding hydrogens is 679 g/mol. The smallest absolute Gasteiger partial charge is 0.416 e. The number of halogens is 4. The van der Waals surface area contributed by atoms with Gasteiger partial charge in [0.05, 0.1) is 32.0 Å². The van der Waals surface area contributed by atoms with Crippen LogP contribution >= 0.6 is 11.6 Å². The van der Waals surface area contributed by atoms with Crippen LogP contribution < -0.4 is 9.62 Å². The van der Waals surface area contributed by atoms with Crippen molar-refractivity contribution in [1.82, 2.24) is 9.03 Å². The third-order valence-corrected chi connectivity index (χ3v) is 13.6. The second-order valence-electron chi connectivity index (χ2n) is 13.0. The van der Waals surface area contributed by atoms with Gasteiger partial charge in [-0.1, -0.05) is 30.9 Å². The second kappa shape index (κ2) is 14.6. The maximum atomic E-state index is 13.0. The molecule has 1 aliphatic carbocycles. The highest BCUT2D eigenvalue weighted by molar-refractivity contribution is 7.89. The molecule has 9 nitrogen and oxygen atoms in total. The summed E-state index contributed by atoms with van der Waals surface area (Å²) in [5.74, 6) is -0.482. The van der Waals surface area contributed by atoms with E-state index in [4.69, 9.17) is 11.6 Å². The monoisotopic (exact) mass is 719 g/mol. The SMILES string of the molecule is O=C(O)C1CCC(NS(=O)(=O)c2ccc(N3CCC(CCCC4CCN(S(=O)(=O)c5ccc(C(F)(F)F)cc5)CC4)CC3)c(Cl)c2)C1. The fourth-order valence-electron chi connectivity index (χ4n) is 7.07. The number of carbonyl (C=O) groups is 1. The molecule has 3 aliphatic rings. The van der Waals surface area contributed by atoms with E-state index in [1.54, 1.807) is 12.1 Å². The molecule has 0 spiro atoms. The van der Waals surface area contributed by atoms with E-state index >= 15 is 0 Å². The predicted molar refractivity (Wildman–Crippen MR) is 172 cm³/mol. The molecule has 0 amide bonds.